The van der Waals surface area contributed by atoms with Crippen LogP contribution in [0.1, 0.15) is 98.3 Å². The SMILES string of the molecule is C/C=C(\C)C(=O)O.CC.CC#CC(=O)Cc1n[c-]c2c(N)nccn12.CC1(C)O[B]OC1(C)C.CC1=CC(Br)c2c(Cl)ncc[n+]21.CC=O.C[B]O.Cc1n[cH-]c2c(N)ncc[n+]12.[Y].[Y].[Y].[Y]. The number of nitrogens with two attached hydrogens (primary N) is 2. The third-order valence-electron chi connectivity index (χ3n) is 8.55. The number of aldehydes is 1. The maximum atomic E-state index is 11.4. The van der Waals surface area contributed by atoms with Gasteiger partial charge in [-0.05, 0) is 73.8 Å². The molecular weight excluding hydrogens is 1250 g/mol. The summed E-state index contributed by atoms with van der Waals surface area (Å²) in [6.07, 6.45) is 19.4. The van der Waals surface area contributed by atoms with Gasteiger partial charge in [0.15, 0.2) is 17.0 Å². The third-order valence-corrected chi connectivity index (χ3v) is 9.54. The number of aromatic nitrogens is 8. The molecule has 6 N–H and O–H groups in total. The summed E-state index contributed by atoms with van der Waals surface area (Å²) < 4.78 is 16.1. The molecule has 2 aliphatic heterocycles. The van der Waals surface area contributed by atoms with Crippen molar-refractivity contribution in [1.29, 1.82) is 0 Å². The fourth-order valence-corrected chi connectivity index (χ4v) is 5.69. The van der Waals surface area contributed by atoms with E-state index in [0.29, 0.717) is 33.7 Å². The van der Waals surface area contributed by atoms with Crippen molar-refractivity contribution < 1.29 is 174 Å². The third kappa shape index (κ3) is 25.3. The van der Waals surface area contributed by atoms with Gasteiger partial charge in [0, 0.05) is 180 Å². The molecule has 0 saturated carbocycles. The summed E-state index contributed by atoms with van der Waals surface area (Å²) in [7, 11) is 2.42. The van der Waals surface area contributed by atoms with E-state index in [1.807, 2.05) is 76.8 Å². The second-order valence-electron chi connectivity index (χ2n) is 13.3. The van der Waals surface area contributed by atoms with Crippen molar-refractivity contribution >= 4 is 89.1 Å². The molecule has 25 heteroatoms. The van der Waals surface area contributed by atoms with Crippen molar-refractivity contribution in [3.8, 4) is 11.8 Å². The summed E-state index contributed by atoms with van der Waals surface area (Å²) in [6, 6.07) is 0. The summed E-state index contributed by atoms with van der Waals surface area (Å²) in [4.78, 5) is 50.2. The first-order chi connectivity index (χ1) is 29.7. The average Bonchev–Trinajstić information content (AvgIpc) is 3.97. The smallest absolute Gasteiger partial charge is 0.478 e. The number of Topliss-reactive ketones (excluding diaryl/α,β-unsaturated/α-hetero) is 1. The number of nitrogen functional groups attached to an aromatic ring is 2. The standard InChI is InChI=1S/C11H9N4O.C8H7BrClN2.C7H8N4.C6H12BO2.C5H8O2.C2H4O.C2H6.CH4BO.4Y/c1-2-3-8(16)6-10-14-7-9-11(12)13-4-5-15(9)10;1-5-4-6(9)7-8(10)11-2-3-12(5)7;1-5-10-4-6-7(8)9-2-3-11(5)6;1-5(2)6(3,4)9-7-8-5;1-3-4(2)5(6)7;1-2-3;1-2;1-2-3;;;;/h4-5H,6H2,1H3,(H2,12,13);2-4,6H,1H3;2-4H,1H3,(H2,8,9);1-4H3;3H,1-2H3,(H,6,7);2H,1H3;1-2H3;3H,1H3;;;;/q-1;+1;;;;;;;;;;/b;;;;4-3+;;;;;;;. The van der Waals surface area contributed by atoms with Crippen molar-refractivity contribution in [2.75, 3.05) is 11.5 Å². The molecule has 1 atom stereocenters. The van der Waals surface area contributed by atoms with Crippen molar-refractivity contribution in [2.45, 2.75) is 112 Å². The Kier molecular flexibility index (Phi) is 44.2. The zero-order valence-electron chi connectivity index (χ0n) is 40.4. The number of carboxylic acid groups (broad SMARTS) is 1. The number of nitrogens with zero attached hydrogens (tertiary/aromatic N) is 8. The molecule has 0 spiro atoms. The minimum Gasteiger partial charge on any atom is -0.478 e. The van der Waals surface area contributed by atoms with Crippen LogP contribution in [0, 0.1) is 25.0 Å². The molecule has 1 fully saturated rings. The Morgan fingerprint density at radius 2 is 1.57 bits per heavy atom. The number of ketones is 1. The fraction of sp³-hybridized carbons (Fsp3) is 0.405. The average molecular weight is 1310 g/mol. The van der Waals surface area contributed by atoms with Crippen molar-refractivity contribution in [3.63, 3.8) is 0 Å². The number of imidazole rings is 2. The van der Waals surface area contributed by atoms with Crippen LogP contribution in [0.15, 0.2) is 61.1 Å². The minimum atomic E-state index is -0.845. The van der Waals surface area contributed by atoms with E-state index in [1.165, 1.54) is 20.3 Å². The quantitative estimate of drug-likeness (QED) is 0.0258. The van der Waals surface area contributed by atoms with Gasteiger partial charge in [0.1, 0.15) is 11.1 Å². The van der Waals surface area contributed by atoms with Crippen molar-refractivity contribution in [1.82, 2.24) is 29.3 Å². The number of alkyl halides is 1. The van der Waals surface area contributed by atoms with Crippen LogP contribution < -0.4 is 20.4 Å². The van der Waals surface area contributed by atoms with Crippen LogP contribution in [-0.2, 0) is 161 Å². The Balaban J connectivity index is -0.000000231. The number of allylic oxidation sites excluding steroid dienone is 3. The van der Waals surface area contributed by atoms with Gasteiger partial charge < -0.3 is 45.1 Å². The first-order valence-electron chi connectivity index (χ1n) is 19.4. The first kappa shape index (κ1) is 74.9. The first-order valence-corrected chi connectivity index (χ1v) is 20.7. The molecule has 6 radical (unpaired) electrons. The van der Waals surface area contributed by atoms with Crippen LogP contribution in [0.4, 0.5) is 11.6 Å². The zero-order valence-corrected chi connectivity index (χ0v) is 54.1. The van der Waals surface area contributed by atoms with Crippen molar-refractivity contribution in [2.24, 2.45) is 0 Å². The van der Waals surface area contributed by atoms with Gasteiger partial charge in [-0.2, -0.15) is 9.55 Å². The summed E-state index contributed by atoms with van der Waals surface area (Å²) in [6.45, 7) is 23.9. The van der Waals surface area contributed by atoms with Gasteiger partial charge in [0.25, 0.3) is 7.48 Å². The molecule has 0 amide bonds. The number of halogens is 2. The largest absolute Gasteiger partial charge is 0.488 e. The Hall–Kier alpha value is -1.03. The maximum Gasteiger partial charge on any atom is 0.488 e. The molecule has 0 aromatic carbocycles. The van der Waals surface area contributed by atoms with Gasteiger partial charge in [-0.1, -0.05) is 66.4 Å². The van der Waals surface area contributed by atoms with Gasteiger partial charge >= 0.3 is 13.7 Å². The Bertz CT molecular complexity index is 2370. The molecule has 7 rings (SSSR count). The number of hydrogen-bond donors (Lipinski definition) is 4. The normalized spacial score (nSPS) is 13.5. The zero-order chi connectivity index (χ0) is 48.5. The van der Waals surface area contributed by atoms with E-state index in [1.54, 1.807) is 69.1 Å². The summed E-state index contributed by atoms with van der Waals surface area (Å²) in [5.41, 5.74) is 14.9. The molecule has 2 aliphatic rings. The molecule has 0 bridgehead atoms. The van der Waals surface area contributed by atoms with Crippen LogP contribution in [0.5, 0.6) is 0 Å². The van der Waals surface area contributed by atoms with E-state index in [2.05, 4.69) is 65.0 Å². The maximum absolute atomic E-state index is 11.4. The predicted octanol–water partition coefficient (Wildman–Crippen LogP) is 5.43. The Morgan fingerprint density at radius 1 is 1.04 bits per heavy atom. The molecule has 1 saturated heterocycles. The molecule has 0 aliphatic carbocycles. The van der Waals surface area contributed by atoms with Crippen LogP contribution in [0.25, 0.3) is 16.7 Å². The van der Waals surface area contributed by atoms with Gasteiger partial charge in [0.05, 0.1) is 47.3 Å². The number of carbonyl (C=O) groups excluding carboxylic acids is 2. The van der Waals surface area contributed by atoms with Gasteiger partial charge in [-0.15, -0.1) is 0 Å². The molecular formula is C42H58B2BrClN10O7Y4. The van der Waals surface area contributed by atoms with E-state index in [0.717, 1.165) is 30.8 Å². The molecule has 17 nitrogen and oxygen atoms in total. The topological polar surface area (TPSA) is 239 Å². The number of fused-ring (bicyclic) bond motifs is 3. The monoisotopic (exact) mass is 1310 g/mol. The van der Waals surface area contributed by atoms with Crippen LogP contribution >= 0.6 is 27.5 Å². The van der Waals surface area contributed by atoms with E-state index in [4.69, 9.17) is 47.3 Å². The summed E-state index contributed by atoms with van der Waals surface area (Å²) >= 11 is 9.44. The molecule has 350 valence electrons. The number of rotatable bonds is 3. The number of carbonyl (C=O) groups is 3. The van der Waals surface area contributed by atoms with E-state index >= 15 is 0 Å². The van der Waals surface area contributed by atoms with Crippen LogP contribution in [0.2, 0.25) is 12.0 Å². The molecule has 5 aromatic heterocycles. The van der Waals surface area contributed by atoms with Gasteiger partial charge in [-0.3, -0.25) is 19.2 Å². The second kappa shape index (κ2) is 39.6. The predicted molar refractivity (Wildman–Crippen MR) is 249 cm³/mol. The molecule has 67 heavy (non-hydrogen) atoms. The van der Waals surface area contributed by atoms with E-state index in [9.17, 15) is 9.59 Å². The molecule has 1 unspecified atom stereocenters. The van der Waals surface area contributed by atoms with Gasteiger partial charge in [-0.25, -0.2) is 9.78 Å². The Labute approximate surface area is 510 Å². The summed E-state index contributed by atoms with van der Waals surface area (Å²) in [5.74, 6) is 6.34. The van der Waals surface area contributed by atoms with Crippen LogP contribution in [-0.4, -0.2) is 83.9 Å². The number of hydrogen-bond acceptors (Lipinski definition) is 13. The summed E-state index contributed by atoms with van der Waals surface area (Å²) in [5, 5.41) is 16.1. The minimum absolute atomic E-state index is 0. The van der Waals surface area contributed by atoms with E-state index < -0.39 is 5.97 Å². The fourth-order valence-electron chi connectivity index (χ4n) is 4.47. The van der Waals surface area contributed by atoms with Crippen molar-refractivity contribution in [3.05, 3.63) is 89.8 Å². The molecule has 7 heterocycles. The Morgan fingerprint density at radius 3 is 2.00 bits per heavy atom. The number of aliphatic carboxylic acids is 1. The van der Waals surface area contributed by atoms with Crippen LogP contribution in [0.3, 0.4) is 0 Å². The van der Waals surface area contributed by atoms with E-state index in [-0.39, 0.29) is 159 Å². The molecule has 5 aromatic rings. The van der Waals surface area contributed by atoms with Gasteiger partial charge in [0.2, 0.25) is 17.3 Å². The number of aryl methyl sites for hydroxylation is 1. The number of anilines is 2. The second-order valence-corrected chi connectivity index (χ2v) is 14.7. The number of carboxylic acids is 1.